The lowest BCUT2D eigenvalue weighted by Gasteiger charge is -2.29. The molecule has 1 fully saturated rings. The highest BCUT2D eigenvalue weighted by Gasteiger charge is 2.21. The standard InChI is InChI=1S/C28H33N7O/c1-6-35-19(4)20(13-30-35)16-34(5)28(36)23-12-27(33-25-8-7-17(2)11-22(23)25)26-10-9-24(18(3)31-26)32-21-14-29-15-21/h7-13,21,29,32H,6,14-16H2,1-5H3. The monoisotopic (exact) mass is 483 g/mol. The molecule has 1 aliphatic heterocycles. The molecule has 3 aromatic heterocycles. The number of fused-ring (bicyclic) bond motifs is 1. The number of carbonyl (C=O) groups is 1. The number of carbonyl (C=O) groups excluding carboxylic acids is 1. The Bertz CT molecular complexity index is 1440. The average molecular weight is 484 g/mol. The van der Waals surface area contributed by atoms with E-state index in [1.54, 1.807) is 4.90 Å². The third-order valence-electron chi connectivity index (χ3n) is 6.94. The van der Waals surface area contributed by atoms with Gasteiger partial charge in [0.05, 0.1) is 46.1 Å². The van der Waals surface area contributed by atoms with E-state index in [2.05, 4.69) is 28.7 Å². The summed E-state index contributed by atoms with van der Waals surface area (Å²) in [5, 5.41) is 12.1. The summed E-state index contributed by atoms with van der Waals surface area (Å²) in [5.74, 6) is -0.0506. The Kier molecular flexibility index (Phi) is 6.45. The fraction of sp³-hybridized carbons (Fsp3) is 0.357. The first-order valence-corrected chi connectivity index (χ1v) is 12.5. The molecule has 0 radical (unpaired) electrons. The largest absolute Gasteiger partial charge is 0.378 e. The first kappa shape index (κ1) is 23.9. The average Bonchev–Trinajstić information content (AvgIpc) is 3.19. The molecule has 0 aliphatic carbocycles. The molecule has 2 N–H and O–H groups in total. The van der Waals surface area contributed by atoms with Crippen LogP contribution in [0.25, 0.3) is 22.3 Å². The predicted octanol–water partition coefficient (Wildman–Crippen LogP) is 4.09. The van der Waals surface area contributed by atoms with Gasteiger partial charge in [0, 0.05) is 49.9 Å². The third kappa shape index (κ3) is 4.56. The van der Waals surface area contributed by atoms with E-state index < -0.39 is 0 Å². The highest BCUT2D eigenvalue weighted by atomic mass is 16.2. The molecule has 5 rings (SSSR count). The summed E-state index contributed by atoms with van der Waals surface area (Å²) in [6.07, 6.45) is 1.85. The fourth-order valence-corrected chi connectivity index (χ4v) is 4.61. The van der Waals surface area contributed by atoms with Gasteiger partial charge in [0.2, 0.25) is 0 Å². The number of hydrogen-bond acceptors (Lipinski definition) is 6. The Labute approximate surface area is 211 Å². The van der Waals surface area contributed by atoms with Crippen molar-refractivity contribution < 1.29 is 4.79 Å². The van der Waals surface area contributed by atoms with Crippen LogP contribution in [0.15, 0.2) is 42.6 Å². The summed E-state index contributed by atoms with van der Waals surface area (Å²) >= 11 is 0. The second-order valence-corrected chi connectivity index (χ2v) is 9.64. The molecular formula is C28H33N7O. The summed E-state index contributed by atoms with van der Waals surface area (Å²) < 4.78 is 1.95. The Morgan fingerprint density at radius 2 is 1.92 bits per heavy atom. The lowest BCUT2D eigenvalue weighted by atomic mass is 10.0. The fourth-order valence-electron chi connectivity index (χ4n) is 4.61. The van der Waals surface area contributed by atoms with Crippen molar-refractivity contribution >= 4 is 22.5 Å². The second kappa shape index (κ2) is 9.70. The van der Waals surface area contributed by atoms with Gasteiger partial charge in [-0.05, 0) is 58.0 Å². The van der Waals surface area contributed by atoms with Crippen molar-refractivity contribution in [3.63, 3.8) is 0 Å². The highest BCUT2D eigenvalue weighted by Crippen LogP contribution is 2.28. The van der Waals surface area contributed by atoms with E-state index >= 15 is 0 Å². The van der Waals surface area contributed by atoms with Crippen molar-refractivity contribution in [2.75, 3.05) is 25.5 Å². The van der Waals surface area contributed by atoms with Crippen LogP contribution in [-0.2, 0) is 13.1 Å². The van der Waals surface area contributed by atoms with Gasteiger partial charge in [-0.1, -0.05) is 11.6 Å². The maximum atomic E-state index is 13.8. The van der Waals surface area contributed by atoms with Crippen LogP contribution in [0.3, 0.4) is 0 Å². The number of nitrogens with zero attached hydrogens (tertiary/aromatic N) is 5. The Balaban J connectivity index is 1.50. The van der Waals surface area contributed by atoms with Gasteiger partial charge >= 0.3 is 0 Å². The van der Waals surface area contributed by atoms with Crippen LogP contribution in [0, 0.1) is 20.8 Å². The lowest BCUT2D eigenvalue weighted by molar-refractivity contribution is 0.0787. The summed E-state index contributed by atoms with van der Waals surface area (Å²) in [4.78, 5) is 25.2. The zero-order valence-electron chi connectivity index (χ0n) is 21.6. The molecule has 0 spiro atoms. The first-order valence-electron chi connectivity index (χ1n) is 12.5. The van der Waals surface area contributed by atoms with E-state index in [0.717, 1.165) is 64.4 Å². The van der Waals surface area contributed by atoms with Crippen LogP contribution < -0.4 is 10.6 Å². The number of anilines is 1. The minimum absolute atomic E-state index is 0.0506. The van der Waals surface area contributed by atoms with Gasteiger partial charge in [0.15, 0.2) is 0 Å². The van der Waals surface area contributed by atoms with Gasteiger partial charge in [0.1, 0.15) is 0 Å². The van der Waals surface area contributed by atoms with E-state index in [0.29, 0.717) is 23.8 Å². The second-order valence-electron chi connectivity index (χ2n) is 9.64. The van der Waals surface area contributed by atoms with Crippen molar-refractivity contribution in [1.82, 2.24) is 30.0 Å². The molecule has 186 valence electrons. The maximum absolute atomic E-state index is 13.8. The number of amides is 1. The molecule has 1 amide bonds. The molecule has 0 saturated carbocycles. The molecule has 0 bridgehead atoms. The number of pyridine rings is 2. The van der Waals surface area contributed by atoms with E-state index in [1.807, 2.05) is 69.0 Å². The van der Waals surface area contributed by atoms with Gasteiger partial charge in [-0.25, -0.2) is 9.97 Å². The normalized spacial score (nSPS) is 13.6. The minimum atomic E-state index is -0.0506. The van der Waals surface area contributed by atoms with E-state index in [1.165, 1.54) is 0 Å². The predicted molar refractivity (Wildman–Crippen MR) is 143 cm³/mol. The summed E-state index contributed by atoms with van der Waals surface area (Å²) in [6.45, 7) is 11.4. The number of hydrogen-bond donors (Lipinski definition) is 2. The zero-order valence-corrected chi connectivity index (χ0v) is 21.6. The van der Waals surface area contributed by atoms with Crippen LogP contribution >= 0.6 is 0 Å². The van der Waals surface area contributed by atoms with Gasteiger partial charge in [-0.15, -0.1) is 0 Å². The number of aromatic nitrogens is 4. The van der Waals surface area contributed by atoms with E-state index in [-0.39, 0.29) is 5.91 Å². The first-order chi connectivity index (χ1) is 17.3. The lowest BCUT2D eigenvalue weighted by Crippen LogP contribution is -2.51. The highest BCUT2D eigenvalue weighted by molar-refractivity contribution is 6.07. The van der Waals surface area contributed by atoms with Crippen molar-refractivity contribution in [2.45, 2.75) is 46.8 Å². The molecule has 0 atom stereocenters. The number of nitrogens with one attached hydrogen (secondary N) is 2. The van der Waals surface area contributed by atoms with E-state index in [9.17, 15) is 4.79 Å². The summed E-state index contributed by atoms with van der Waals surface area (Å²) in [7, 11) is 1.84. The summed E-state index contributed by atoms with van der Waals surface area (Å²) in [5.41, 5.74) is 8.02. The minimum Gasteiger partial charge on any atom is -0.378 e. The Morgan fingerprint density at radius 1 is 1.11 bits per heavy atom. The molecular weight excluding hydrogens is 450 g/mol. The maximum Gasteiger partial charge on any atom is 0.254 e. The van der Waals surface area contributed by atoms with Gasteiger partial charge in [-0.2, -0.15) is 5.10 Å². The van der Waals surface area contributed by atoms with Crippen LogP contribution in [0.1, 0.15) is 39.8 Å². The quantitative estimate of drug-likeness (QED) is 0.412. The van der Waals surface area contributed by atoms with Crippen molar-refractivity contribution in [1.29, 1.82) is 0 Å². The van der Waals surface area contributed by atoms with Crippen molar-refractivity contribution in [3.05, 3.63) is 70.7 Å². The Morgan fingerprint density at radius 3 is 2.58 bits per heavy atom. The molecule has 1 saturated heterocycles. The molecule has 1 aliphatic rings. The molecule has 8 heteroatoms. The van der Waals surface area contributed by atoms with Gasteiger partial charge in [0.25, 0.3) is 5.91 Å². The topological polar surface area (TPSA) is 88.0 Å². The SMILES string of the molecule is CCn1ncc(CN(C)C(=O)c2cc(-c3ccc(NC4CNC4)c(C)n3)nc3ccc(C)cc23)c1C. The van der Waals surface area contributed by atoms with Crippen LogP contribution in [0.4, 0.5) is 5.69 Å². The van der Waals surface area contributed by atoms with Crippen LogP contribution in [-0.4, -0.2) is 56.7 Å². The molecule has 36 heavy (non-hydrogen) atoms. The van der Waals surface area contributed by atoms with Gasteiger partial charge < -0.3 is 15.5 Å². The van der Waals surface area contributed by atoms with Crippen LogP contribution in [0.5, 0.6) is 0 Å². The molecule has 8 nitrogen and oxygen atoms in total. The molecule has 0 unspecified atom stereocenters. The van der Waals surface area contributed by atoms with E-state index in [4.69, 9.17) is 9.97 Å². The number of aryl methyl sites for hydroxylation is 3. The van der Waals surface area contributed by atoms with Gasteiger partial charge in [-0.3, -0.25) is 9.48 Å². The van der Waals surface area contributed by atoms with Crippen molar-refractivity contribution in [3.8, 4) is 11.4 Å². The number of benzene rings is 1. The smallest absolute Gasteiger partial charge is 0.254 e. The molecule has 4 heterocycles. The number of rotatable bonds is 7. The Hall–Kier alpha value is -3.78. The van der Waals surface area contributed by atoms with Crippen molar-refractivity contribution in [2.24, 2.45) is 0 Å². The third-order valence-corrected chi connectivity index (χ3v) is 6.94. The zero-order chi connectivity index (χ0) is 25.4. The van der Waals surface area contributed by atoms with Crippen LogP contribution in [0.2, 0.25) is 0 Å². The summed E-state index contributed by atoms with van der Waals surface area (Å²) in [6, 6.07) is 12.4. The molecule has 1 aromatic carbocycles. The molecule has 4 aromatic rings.